The number of benzene rings is 2. The lowest BCUT2D eigenvalue weighted by atomic mass is 9.94. The first-order valence-electron chi connectivity index (χ1n) is 7.88. The Kier molecular flexibility index (Phi) is 5.14. The fraction of sp³-hybridized carbons (Fsp3) is 0.368. The third-order valence-corrected chi connectivity index (χ3v) is 4.34. The molecule has 116 valence electrons. The largest absolute Gasteiger partial charge is 0.372 e. The van der Waals surface area contributed by atoms with Gasteiger partial charge in [0, 0.05) is 5.02 Å². The minimum atomic E-state index is 0.204. The number of rotatable bonds is 4. The number of hydrogen-bond donors (Lipinski definition) is 1. The maximum Gasteiger partial charge on any atom is 0.0774 e. The maximum absolute atomic E-state index is 6.22. The molecule has 3 heteroatoms. The number of nitrogens with one attached hydrogen (secondary N) is 1. The molecule has 2 aromatic carbocycles. The molecule has 0 bridgehead atoms. The second kappa shape index (κ2) is 7.28. The van der Waals surface area contributed by atoms with Crippen LogP contribution in [-0.4, -0.2) is 12.6 Å². The van der Waals surface area contributed by atoms with Gasteiger partial charge in [0.25, 0.3) is 0 Å². The van der Waals surface area contributed by atoms with Crippen molar-refractivity contribution in [2.45, 2.75) is 38.5 Å². The van der Waals surface area contributed by atoms with Gasteiger partial charge in [-0.3, -0.25) is 0 Å². The lowest BCUT2D eigenvalue weighted by Crippen LogP contribution is -2.39. The van der Waals surface area contributed by atoms with Crippen LogP contribution in [0.25, 0.3) is 0 Å². The lowest BCUT2D eigenvalue weighted by molar-refractivity contribution is -0.00358. The molecule has 2 aromatic rings. The molecule has 1 heterocycles. The molecule has 2 nitrogen and oxygen atoms in total. The summed E-state index contributed by atoms with van der Waals surface area (Å²) in [5.74, 6) is 0. The Morgan fingerprint density at radius 3 is 2.77 bits per heavy atom. The van der Waals surface area contributed by atoms with Crippen molar-refractivity contribution in [1.29, 1.82) is 0 Å². The van der Waals surface area contributed by atoms with Gasteiger partial charge in [0.1, 0.15) is 0 Å². The van der Waals surface area contributed by atoms with Gasteiger partial charge in [0.05, 0.1) is 18.8 Å². The minimum Gasteiger partial charge on any atom is -0.372 e. The Balaban J connectivity index is 1.69. The lowest BCUT2D eigenvalue weighted by Gasteiger charge is -2.33. The van der Waals surface area contributed by atoms with Crippen molar-refractivity contribution < 1.29 is 4.74 Å². The van der Waals surface area contributed by atoms with Crippen LogP contribution in [0, 0.1) is 6.92 Å². The summed E-state index contributed by atoms with van der Waals surface area (Å²) in [5.41, 5.74) is 3.62. The summed E-state index contributed by atoms with van der Waals surface area (Å²) in [7, 11) is 0. The van der Waals surface area contributed by atoms with Gasteiger partial charge < -0.3 is 10.1 Å². The van der Waals surface area contributed by atoms with Gasteiger partial charge in [0.2, 0.25) is 0 Å². The van der Waals surface area contributed by atoms with Crippen molar-refractivity contribution in [1.82, 2.24) is 5.32 Å². The molecule has 0 radical (unpaired) electrons. The minimum absolute atomic E-state index is 0.204. The first-order valence-corrected chi connectivity index (χ1v) is 8.26. The summed E-state index contributed by atoms with van der Waals surface area (Å²) < 4.78 is 6.22. The summed E-state index contributed by atoms with van der Waals surface area (Å²) in [6.07, 6.45) is 2.45. The molecule has 0 saturated carbocycles. The molecule has 1 saturated heterocycles. The van der Waals surface area contributed by atoms with E-state index >= 15 is 0 Å². The Morgan fingerprint density at radius 1 is 1.18 bits per heavy atom. The molecule has 3 rings (SSSR count). The van der Waals surface area contributed by atoms with Crippen LogP contribution in [0.3, 0.4) is 0 Å². The topological polar surface area (TPSA) is 21.3 Å². The zero-order chi connectivity index (χ0) is 15.4. The molecule has 0 amide bonds. The van der Waals surface area contributed by atoms with E-state index in [2.05, 4.69) is 48.6 Å². The van der Waals surface area contributed by atoms with Crippen LogP contribution in [0.5, 0.6) is 0 Å². The van der Waals surface area contributed by atoms with Crippen LogP contribution < -0.4 is 5.32 Å². The van der Waals surface area contributed by atoms with Crippen LogP contribution in [0.2, 0.25) is 5.02 Å². The number of halogens is 1. The molecule has 22 heavy (non-hydrogen) atoms. The van der Waals surface area contributed by atoms with Gasteiger partial charge in [-0.05, 0) is 55.1 Å². The molecule has 1 fully saturated rings. The van der Waals surface area contributed by atoms with E-state index in [1.54, 1.807) is 0 Å². The Hall–Kier alpha value is -1.35. The smallest absolute Gasteiger partial charge is 0.0774 e. The fourth-order valence-corrected chi connectivity index (χ4v) is 3.44. The van der Waals surface area contributed by atoms with Crippen molar-refractivity contribution in [3.05, 3.63) is 70.2 Å². The second-order valence-corrected chi connectivity index (χ2v) is 6.41. The van der Waals surface area contributed by atoms with Gasteiger partial charge in [-0.25, -0.2) is 0 Å². The second-order valence-electron chi connectivity index (χ2n) is 5.97. The van der Waals surface area contributed by atoms with Crippen LogP contribution >= 0.6 is 11.6 Å². The molecule has 1 aliphatic rings. The maximum atomic E-state index is 6.22. The highest BCUT2D eigenvalue weighted by Gasteiger charge is 2.26. The highest BCUT2D eigenvalue weighted by molar-refractivity contribution is 6.30. The van der Waals surface area contributed by atoms with Crippen LogP contribution in [0.4, 0.5) is 0 Å². The number of ether oxygens (including phenoxy) is 1. The van der Waals surface area contributed by atoms with E-state index in [9.17, 15) is 0 Å². The third kappa shape index (κ3) is 3.89. The van der Waals surface area contributed by atoms with E-state index in [1.165, 1.54) is 11.1 Å². The SMILES string of the molecule is Cc1cc(Cl)cc(CO[C@H]2CCCN[C@H]2c2ccccc2)c1. The van der Waals surface area contributed by atoms with Crippen molar-refractivity contribution in [3.63, 3.8) is 0 Å². The van der Waals surface area contributed by atoms with E-state index in [4.69, 9.17) is 16.3 Å². The van der Waals surface area contributed by atoms with Gasteiger partial charge in [-0.2, -0.15) is 0 Å². The monoisotopic (exact) mass is 315 g/mol. The predicted octanol–water partition coefficient (Wildman–Crippen LogP) is 4.66. The van der Waals surface area contributed by atoms with Gasteiger partial charge in [-0.1, -0.05) is 48.0 Å². The molecule has 0 aliphatic carbocycles. The molecule has 2 atom stereocenters. The summed E-state index contributed by atoms with van der Waals surface area (Å²) >= 11 is 6.13. The molecular weight excluding hydrogens is 294 g/mol. The quantitative estimate of drug-likeness (QED) is 0.886. The van der Waals surface area contributed by atoms with E-state index in [0.717, 1.165) is 30.0 Å². The molecule has 0 spiro atoms. The zero-order valence-electron chi connectivity index (χ0n) is 12.9. The third-order valence-electron chi connectivity index (χ3n) is 4.13. The van der Waals surface area contributed by atoms with Crippen molar-refractivity contribution >= 4 is 11.6 Å². The molecule has 1 N–H and O–H groups in total. The van der Waals surface area contributed by atoms with E-state index < -0.39 is 0 Å². The van der Waals surface area contributed by atoms with Crippen molar-refractivity contribution in [3.8, 4) is 0 Å². The highest BCUT2D eigenvalue weighted by atomic mass is 35.5. The van der Waals surface area contributed by atoms with E-state index in [-0.39, 0.29) is 12.1 Å². The van der Waals surface area contributed by atoms with Crippen LogP contribution in [-0.2, 0) is 11.3 Å². The molecule has 0 aromatic heterocycles. The summed E-state index contributed by atoms with van der Waals surface area (Å²) in [5, 5.41) is 4.37. The summed E-state index contributed by atoms with van der Waals surface area (Å²) in [6, 6.07) is 16.9. The molecule has 1 aliphatic heterocycles. The van der Waals surface area contributed by atoms with E-state index in [0.29, 0.717) is 6.61 Å². The van der Waals surface area contributed by atoms with Crippen molar-refractivity contribution in [2.24, 2.45) is 0 Å². The molecule has 0 unspecified atom stereocenters. The van der Waals surface area contributed by atoms with Crippen LogP contribution in [0.15, 0.2) is 48.5 Å². The molecular formula is C19H22ClNO. The average molecular weight is 316 g/mol. The van der Waals surface area contributed by atoms with Gasteiger partial charge >= 0.3 is 0 Å². The average Bonchev–Trinajstić information content (AvgIpc) is 2.53. The standard InChI is InChI=1S/C19H22ClNO/c1-14-10-15(12-17(20)11-14)13-22-18-8-5-9-21-19(18)16-6-3-2-4-7-16/h2-4,6-7,10-12,18-19,21H,5,8-9,13H2,1H3/t18-,19-/m0/s1. The van der Waals surface area contributed by atoms with Crippen LogP contribution in [0.1, 0.15) is 35.6 Å². The zero-order valence-corrected chi connectivity index (χ0v) is 13.6. The highest BCUT2D eigenvalue weighted by Crippen LogP contribution is 2.27. The normalized spacial score (nSPS) is 21.7. The van der Waals surface area contributed by atoms with Gasteiger partial charge in [0.15, 0.2) is 0 Å². The first kappa shape index (κ1) is 15.5. The number of piperidine rings is 1. The first-order chi connectivity index (χ1) is 10.7. The van der Waals surface area contributed by atoms with E-state index in [1.807, 2.05) is 12.1 Å². The number of aryl methyl sites for hydroxylation is 1. The van der Waals surface area contributed by atoms with Gasteiger partial charge in [-0.15, -0.1) is 0 Å². The summed E-state index contributed by atoms with van der Waals surface area (Å²) in [4.78, 5) is 0. The Morgan fingerprint density at radius 2 is 2.00 bits per heavy atom. The Bertz CT molecular complexity index is 594. The Labute approximate surface area is 137 Å². The van der Waals surface area contributed by atoms with Crippen molar-refractivity contribution in [2.75, 3.05) is 6.54 Å². The summed E-state index contributed by atoms with van der Waals surface area (Å²) in [6.45, 7) is 3.72. The fourth-order valence-electron chi connectivity index (χ4n) is 3.13. The number of hydrogen-bond acceptors (Lipinski definition) is 2. The predicted molar refractivity (Wildman–Crippen MR) is 91.2 cm³/mol.